The van der Waals surface area contributed by atoms with Gasteiger partial charge in [0.15, 0.2) is 5.01 Å². The van der Waals surface area contributed by atoms with Crippen molar-refractivity contribution in [2.45, 2.75) is 6.54 Å². The molecule has 1 aromatic heterocycles. The van der Waals surface area contributed by atoms with Gasteiger partial charge < -0.3 is 10.1 Å². The average Bonchev–Trinajstić information content (AvgIpc) is 2.78. The molecule has 0 saturated heterocycles. The SMILES string of the molecule is CNCc1nnc(-c2ccc(OC)cc2F)s1. The molecule has 0 radical (unpaired) electrons. The molecule has 0 unspecified atom stereocenters. The minimum atomic E-state index is -0.350. The maximum atomic E-state index is 13.8. The summed E-state index contributed by atoms with van der Waals surface area (Å²) in [4.78, 5) is 0. The molecular weight excluding hydrogens is 241 g/mol. The molecule has 1 heterocycles. The van der Waals surface area contributed by atoms with Crippen LogP contribution in [0.25, 0.3) is 10.6 Å². The van der Waals surface area contributed by atoms with E-state index >= 15 is 0 Å². The molecule has 2 aromatic rings. The first-order valence-corrected chi connectivity index (χ1v) is 5.87. The van der Waals surface area contributed by atoms with Crippen LogP contribution in [0.1, 0.15) is 5.01 Å². The summed E-state index contributed by atoms with van der Waals surface area (Å²) < 4.78 is 18.7. The fourth-order valence-electron chi connectivity index (χ4n) is 1.38. The summed E-state index contributed by atoms with van der Waals surface area (Å²) >= 11 is 1.37. The summed E-state index contributed by atoms with van der Waals surface area (Å²) in [5.74, 6) is 0.141. The normalized spacial score (nSPS) is 10.5. The molecule has 90 valence electrons. The summed E-state index contributed by atoms with van der Waals surface area (Å²) in [5.41, 5.74) is 0.450. The van der Waals surface area contributed by atoms with Crippen LogP contribution in [0.2, 0.25) is 0 Å². The predicted molar refractivity (Wildman–Crippen MR) is 64.6 cm³/mol. The lowest BCUT2D eigenvalue weighted by Gasteiger charge is -2.02. The van der Waals surface area contributed by atoms with Crippen molar-refractivity contribution in [3.63, 3.8) is 0 Å². The molecule has 0 aliphatic carbocycles. The zero-order valence-corrected chi connectivity index (χ0v) is 10.3. The number of halogens is 1. The summed E-state index contributed by atoms with van der Waals surface area (Å²) in [5, 5.41) is 12.3. The van der Waals surface area contributed by atoms with Crippen LogP contribution in [0.4, 0.5) is 4.39 Å². The number of aromatic nitrogens is 2. The third-order valence-electron chi connectivity index (χ3n) is 2.20. The number of nitrogens with one attached hydrogen (secondary N) is 1. The number of rotatable bonds is 4. The van der Waals surface area contributed by atoms with Crippen molar-refractivity contribution in [2.75, 3.05) is 14.2 Å². The Morgan fingerprint density at radius 2 is 2.24 bits per heavy atom. The molecule has 0 atom stereocenters. The Balaban J connectivity index is 2.32. The maximum absolute atomic E-state index is 13.8. The predicted octanol–water partition coefficient (Wildman–Crippen LogP) is 2.07. The highest BCUT2D eigenvalue weighted by molar-refractivity contribution is 7.14. The summed E-state index contributed by atoms with van der Waals surface area (Å²) in [6.07, 6.45) is 0. The van der Waals surface area contributed by atoms with Gasteiger partial charge in [-0.3, -0.25) is 0 Å². The molecule has 17 heavy (non-hydrogen) atoms. The van der Waals surface area contributed by atoms with E-state index in [4.69, 9.17) is 4.74 Å². The Morgan fingerprint density at radius 1 is 1.41 bits per heavy atom. The zero-order chi connectivity index (χ0) is 12.3. The Morgan fingerprint density at radius 3 is 2.88 bits per heavy atom. The number of ether oxygens (including phenoxy) is 1. The first-order valence-electron chi connectivity index (χ1n) is 5.05. The van der Waals surface area contributed by atoms with Crippen LogP contribution in [0.5, 0.6) is 5.75 Å². The van der Waals surface area contributed by atoms with E-state index in [0.717, 1.165) is 5.01 Å². The molecule has 1 aromatic carbocycles. The van der Waals surface area contributed by atoms with Crippen LogP contribution < -0.4 is 10.1 Å². The molecule has 0 aliphatic heterocycles. The smallest absolute Gasteiger partial charge is 0.150 e. The van der Waals surface area contributed by atoms with Gasteiger partial charge in [0.2, 0.25) is 0 Å². The fraction of sp³-hybridized carbons (Fsp3) is 0.273. The largest absolute Gasteiger partial charge is 0.497 e. The van der Waals surface area contributed by atoms with Gasteiger partial charge in [-0.25, -0.2) is 4.39 Å². The second-order valence-electron chi connectivity index (χ2n) is 3.38. The summed E-state index contributed by atoms with van der Waals surface area (Å²) in [7, 11) is 3.33. The number of hydrogen-bond donors (Lipinski definition) is 1. The molecular formula is C11H12FN3OS. The minimum absolute atomic E-state index is 0.350. The lowest BCUT2D eigenvalue weighted by Crippen LogP contribution is -2.04. The number of hydrogen-bond acceptors (Lipinski definition) is 5. The topological polar surface area (TPSA) is 47.0 Å². The van der Waals surface area contributed by atoms with E-state index in [9.17, 15) is 4.39 Å². The third-order valence-corrected chi connectivity index (χ3v) is 3.16. The number of benzene rings is 1. The van der Waals surface area contributed by atoms with Gasteiger partial charge in [0.05, 0.1) is 7.11 Å². The van der Waals surface area contributed by atoms with Gasteiger partial charge in [0.1, 0.15) is 16.6 Å². The van der Waals surface area contributed by atoms with E-state index in [-0.39, 0.29) is 5.82 Å². The zero-order valence-electron chi connectivity index (χ0n) is 9.53. The quantitative estimate of drug-likeness (QED) is 0.906. The standard InChI is InChI=1S/C11H12FN3OS/c1-13-6-10-14-15-11(17-10)8-4-3-7(16-2)5-9(8)12/h3-5,13H,6H2,1-2H3. The van der Waals surface area contributed by atoms with Gasteiger partial charge in [-0.2, -0.15) is 0 Å². The van der Waals surface area contributed by atoms with Gasteiger partial charge in [0, 0.05) is 18.2 Å². The number of nitrogens with zero attached hydrogens (tertiary/aromatic N) is 2. The Kier molecular flexibility index (Phi) is 3.65. The first kappa shape index (κ1) is 11.9. The van der Waals surface area contributed by atoms with Gasteiger partial charge >= 0.3 is 0 Å². The van der Waals surface area contributed by atoms with Crippen molar-refractivity contribution in [1.29, 1.82) is 0 Å². The van der Waals surface area contributed by atoms with Crippen molar-refractivity contribution in [1.82, 2.24) is 15.5 Å². The van der Waals surface area contributed by atoms with E-state index < -0.39 is 0 Å². The Labute approximate surface area is 102 Å². The van der Waals surface area contributed by atoms with Crippen LogP contribution >= 0.6 is 11.3 Å². The van der Waals surface area contributed by atoms with Gasteiger partial charge in [-0.05, 0) is 19.2 Å². The summed E-state index contributed by atoms with van der Waals surface area (Å²) in [6.45, 7) is 0.634. The van der Waals surface area contributed by atoms with Crippen molar-refractivity contribution >= 4 is 11.3 Å². The molecule has 0 aliphatic rings. The average molecular weight is 253 g/mol. The van der Waals surface area contributed by atoms with Crippen LogP contribution in [0.3, 0.4) is 0 Å². The molecule has 6 heteroatoms. The molecule has 0 bridgehead atoms. The molecule has 0 amide bonds. The third kappa shape index (κ3) is 2.59. The van der Waals surface area contributed by atoms with Crippen molar-refractivity contribution in [3.8, 4) is 16.3 Å². The van der Waals surface area contributed by atoms with Crippen molar-refractivity contribution in [3.05, 3.63) is 29.0 Å². The lowest BCUT2D eigenvalue weighted by atomic mass is 10.2. The van der Waals surface area contributed by atoms with Crippen LogP contribution in [-0.4, -0.2) is 24.4 Å². The first-order chi connectivity index (χ1) is 8.24. The lowest BCUT2D eigenvalue weighted by molar-refractivity contribution is 0.411. The van der Waals surface area contributed by atoms with Gasteiger partial charge in [-0.1, -0.05) is 11.3 Å². The molecule has 1 N–H and O–H groups in total. The van der Waals surface area contributed by atoms with Crippen LogP contribution in [0.15, 0.2) is 18.2 Å². The van der Waals surface area contributed by atoms with E-state index in [1.165, 1.54) is 24.5 Å². The minimum Gasteiger partial charge on any atom is -0.497 e. The summed E-state index contributed by atoms with van der Waals surface area (Å²) in [6, 6.07) is 4.70. The molecule has 0 fully saturated rings. The molecule has 4 nitrogen and oxygen atoms in total. The molecule has 0 spiro atoms. The highest BCUT2D eigenvalue weighted by Crippen LogP contribution is 2.28. The van der Waals surface area contributed by atoms with Crippen molar-refractivity contribution in [2.24, 2.45) is 0 Å². The van der Waals surface area contributed by atoms with E-state index in [2.05, 4.69) is 15.5 Å². The second kappa shape index (κ2) is 5.20. The monoisotopic (exact) mass is 253 g/mol. The van der Waals surface area contributed by atoms with Gasteiger partial charge in [0.25, 0.3) is 0 Å². The van der Waals surface area contributed by atoms with Gasteiger partial charge in [-0.15, -0.1) is 10.2 Å². The van der Waals surface area contributed by atoms with E-state index in [1.54, 1.807) is 12.1 Å². The van der Waals surface area contributed by atoms with Crippen LogP contribution in [0, 0.1) is 5.82 Å². The molecule has 0 saturated carbocycles. The second-order valence-corrected chi connectivity index (χ2v) is 4.44. The number of methoxy groups -OCH3 is 1. The van der Waals surface area contributed by atoms with Crippen LogP contribution in [-0.2, 0) is 6.54 Å². The molecule has 2 rings (SSSR count). The fourth-order valence-corrected chi connectivity index (χ4v) is 2.26. The highest BCUT2D eigenvalue weighted by atomic mass is 32.1. The van der Waals surface area contributed by atoms with Crippen molar-refractivity contribution < 1.29 is 9.13 Å². The highest BCUT2D eigenvalue weighted by Gasteiger charge is 2.11. The van der Waals surface area contributed by atoms with E-state index in [1.807, 2.05) is 7.05 Å². The van der Waals surface area contributed by atoms with E-state index in [0.29, 0.717) is 22.9 Å². The Hall–Kier alpha value is -1.53. The Bertz CT molecular complexity index is 515. The maximum Gasteiger partial charge on any atom is 0.150 e.